The predicted octanol–water partition coefficient (Wildman–Crippen LogP) is 3.84. The maximum atomic E-state index is 9.25. The zero-order valence-electron chi connectivity index (χ0n) is 14.3. The Morgan fingerprint density at radius 1 is 0.700 bits per heavy atom. The maximum absolute atomic E-state index is 9.25. The molecular formula is C17H34O3. The van der Waals surface area contributed by atoms with Crippen LogP contribution in [0.25, 0.3) is 0 Å². The molecule has 2 rings (SSSR count). The zero-order valence-corrected chi connectivity index (χ0v) is 14.3. The fourth-order valence-electron chi connectivity index (χ4n) is 3.25. The summed E-state index contributed by atoms with van der Waals surface area (Å²) in [5, 5.41) is 9.25. The van der Waals surface area contributed by atoms with Gasteiger partial charge in [0.05, 0.1) is 18.3 Å². The van der Waals surface area contributed by atoms with Crippen LogP contribution < -0.4 is 0 Å². The van der Waals surface area contributed by atoms with Crippen LogP contribution in [0.3, 0.4) is 0 Å². The van der Waals surface area contributed by atoms with Gasteiger partial charge < -0.3 is 14.6 Å². The third-order valence-corrected chi connectivity index (χ3v) is 5.53. The molecule has 8 atom stereocenters. The second kappa shape index (κ2) is 7.77. The first-order valence-electron chi connectivity index (χ1n) is 8.32. The van der Waals surface area contributed by atoms with Crippen molar-refractivity contribution in [3.63, 3.8) is 0 Å². The van der Waals surface area contributed by atoms with Crippen LogP contribution in [0.5, 0.6) is 0 Å². The van der Waals surface area contributed by atoms with Gasteiger partial charge in [-0.15, -0.1) is 0 Å². The molecule has 0 aromatic heterocycles. The normalized spacial score (nSPS) is 48.0. The van der Waals surface area contributed by atoms with Crippen LogP contribution in [0.4, 0.5) is 0 Å². The highest BCUT2D eigenvalue weighted by atomic mass is 16.6. The quantitative estimate of drug-likeness (QED) is 0.838. The summed E-state index contributed by atoms with van der Waals surface area (Å²) in [6, 6.07) is 0. The molecule has 0 aliphatic carbocycles. The van der Waals surface area contributed by atoms with Crippen LogP contribution in [0.2, 0.25) is 0 Å². The lowest BCUT2D eigenvalue weighted by Gasteiger charge is -2.12. The molecule has 0 saturated carbocycles. The summed E-state index contributed by atoms with van der Waals surface area (Å²) in [4.78, 5) is 0. The highest BCUT2D eigenvalue weighted by molar-refractivity contribution is 4.82. The van der Waals surface area contributed by atoms with Crippen molar-refractivity contribution >= 4 is 0 Å². The molecule has 0 aromatic carbocycles. The first-order valence-corrected chi connectivity index (χ1v) is 8.32. The van der Waals surface area contributed by atoms with Gasteiger partial charge in [0.25, 0.3) is 0 Å². The Hall–Kier alpha value is -0.120. The molecule has 2 fully saturated rings. The van der Waals surface area contributed by atoms with E-state index in [2.05, 4.69) is 41.5 Å². The molecule has 1 N–H and O–H groups in total. The Balaban J connectivity index is 0.000000200. The van der Waals surface area contributed by atoms with Gasteiger partial charge in [-0.25, -0.2) is 0 Å². The van der Waals surface area contributed by atoms with Crippen molar-refractivity contribution < 1.29 is 14.6 Å². The molecule has 0 radical (unpaired) electrons. The molecule has 0 spiro atoms. The minimum absolute atomic E-state index is 0.269. The highest BCUT2D eigenvalue weighted by Crippen LogP contribution is 2.33. The Bertz CT molecular complexity index is 253. The van der Waals surface area contributed by atoms with E-state index in [1.165, 1.54) is 0 Å². The number of ether oxygens (including phenoxy) is 2. The van der Waals surface area contributed by atoms with Gasteiger partial charge in [0, 0.05) is 5.92 Å². The van der Waals surface area contributed by atoms with Crippen LogP contribution in [0, 0.1) is 23.7 Å². The van der Waals surface area contributed by atoms with E-state index in [4.69, 9.17) is 9.47 Å². The summed E-state index contributed by atoms with van der Waals surface area (Å²) in [5.74, 6) is 2.29. The predicted molar refractivity (Wildman–Crippen MR) is 82.5 cm³/mol. The highest BCUT2D eigenvalue weighted by Gasteiger charge is 2.36. The standard InChI is InChI=1S/C9H18O.C8H16O2/c1-5-9-7(3)6(2)8(4)10-9;1-4-7-5(2)6(3)8(9)10-7/h6-9H,5H2,1-4H3;5-9H,4H2,1-3H3/t6-,7-,8?,9+;5-,6-,7+,8?/m00/s1. The van der Waals surface area contributed by atoms with E-state index in [1.807, 2.05) is 6.92 Å². The smallest absolute Gasteiger partial charge is 0.157 e. The van der Waals surface area contributed by atoms with Crippen LogP contribution in [-0.2, 0) is 9.47 Å². The number of hydrogen-bond acceptors (Lipinski definition) is 3. The minimum atomic E-state index is -0.528. The second-order valence-corrected chi connectivity index (χ2v) is 6.70. The summed E-state index contributed by atoms with van der Waals surface area (Å²) >= 11 is 0. The van der Waals surface area contributed by atoms with Crippen molar-refractivity contribution in [1.29, 1.82) is 0 Å². The van der Waals surface area contributed by atoms with Gasteiger partial charge in [0.1, 0.15) is 0 Å². The van der Waals surface area contributed by atoms with Crippen LogP contribution in [0.15, 0.2) is 0 Å². The van der Waals surface area contributed by atoms with E-state index in [0.29, 0.717) is 24.0 Å². The van der Waals surface area contributed by atoms with Gasteiger partial charge in [0.15, 0.2) is 6.29 Å². The molecule has 2 saturated heterocycles. The van der Waals surface area contributed by atoms with Crippen LogP contribution in [0.1, 0.15) is 61.3 Å². The van der Waals surface area contributed by atoms with Crippen LogP contribution in [-0.4, -0.2) is 29.7 Å². The summed E-state index contributed by atoms with van der Waals surface area (Å²) in [7, 11) is 0. The van der Waals surface area contributed by atoms with Gasteiger partial charge in [-0.2, -0.15) is 0 Å². The Morgan fingerprint density at radius 2 is 1.15 bits per heavy atom. The fourth-order valence-corrected chi connectivity index (χ4v) is 3.25. The maximum Gasteiger partial charge on any atom is 0.157 e. The van der Waals surface area contributed by atoms with Gasteiger partial charge >= 0.3 is 0 Å². The molecule has 3 heteroatoms. The Morgan fingerprint density at radius 3 is 1.35 bits per heavy atom. The lowest BCUT2D eigenvalue weighted by Crippen LogP contribution is -2.15. The molecule has 120 valence electrons. The Labute approximate surface area is 125 Å². The van der Waals surface area contributed by atoms with Crippen molar-refractivity contribution in [3.8, 4) is 0 Å². The van der Waals surface area contributed by atoms with E-state index < -0.39 is 6.29 Å². The monoisotopic (exact) mass is 286 g/mol. The summed E-state index contributed by atoms with van der Waals surface area (Å²) in [6.45, 7) is 15.2. The first kappa shape index (κ1) is 17.9. The molecule has 2 aliphatic heterocycles. The van der Waals surface area contributed by atoms with E-state index >= 15 is 0 Å². The Kier molecular flexibility index (Phi) is 6.96. The number of aliphatic hydroxyl groups is 1. The number of hydrogen-bond donors (Lipinski definition) is 1. The van der Waals surface area contributed by atoms with Gasteiger partial charge in [0.2, 0.25) is 0 Å². The van der Waals surface area contributed by atoms with E-state index in [0.717, 1.165) is 24.7 Å². The lowest BCUT2D eigenvalue weighted by molar-refractivity contribution is -0.106. The van der Waals surface area contributed by atoms with E-state index in [9.17, 15) is 5.11 Å². The average Bonchev–Trinajstić information content (AvgIpc) is 2.84. The average molecular weight is 286 g/mol. The zero-order chi connectivity index (χ0) is 15.4. The van der Waals surface area contributed by atoms with Crippen molar-refractivity contribution in [1.82, 2.24) is 0 Å². The summed E-state index contributed by atoms with van der Waals surface area (Å²) < 4.78 is 11.0. The third kappa shape index (κ3) is 3.96. The van der Waals surface area contributed by atoms with Crippen molar-refractivity contribution in [2.45, 2.75) is 85.9 Å². The third-order valence-electron chi connectivity index (χ3n) is 5.53. The van der Waals surface area contributed by atoms with Crippen molar-refractivity contribution in [2.75, 3.05) is 0 Å². The second-order valence-electron chi connectivity index (χ2n) is 6.70. The largest absolute Gasteiger partial charge is 0.375 e. The molecule has 3 nitrogen and oxygen atoms in total. The molecule has 2 unspecified atom stereocenters. The summed E-state index contributed by atoms with van der Waals surface area (Å²) in [5.41, 5.74) is 0. The number of aliphatic hydroxyl groups excluding tert-OH is 1. The molecule has 2 heterocycles. The van der Waals surface area contributed by atoms with E-state index in [-0.39, 0.29) is 6.10 Å². The lowest BCUT2D eigenvalue weighted by atomic mass is 9.90. The first-order chi connectivity index (χ1) is 9.33. The molecule has 0 amide bonds. The molecule has 0 bridgehead atoms. The molecule has 0 aromatic rings. The van der Waals surface area contributed by atoms with Crippen LogP contribution >= 0.6 is 0 Å². The molecule has 20 heavy (non-hydrogen) atoms. The number of rotatable bonds is 2. The van der Waals surface area contributed by atoms with Gasteiger partial charge in [-0.1, -0.05) is 41.5 Å². The molecule has 2 aliphatic rings. The van der Waals surface area contributed by atoms with Crippen molar-refractivity contribution in [3.05, 3.63) is 0 Å². The van der Waals surface area contributed by atoms with Gasteiger partial charge in [-0.3, -0.25) is 0 Å². The fraction of sp³-hybridized carbons (Fsp3) is 1.00. The summed E-state index contributed by atoms with van der Waals surface area (Å²) in [6.07, 6.45) is 2.90. The van der Waals surface area contributed by atoms with Crippen molar-refractivity contribution in [2.24, 2.45) is 23.7 Å². The van der Waals surface area contributed by atoms with E-state index in [1.54, 1.807) is 0 Å². The molecular weight excluding hydrogens is 252 g/mol. The SMILES string of the molecule is CC[C@H]1OC(C)[C@@H](C)[C@@H]1C.CC[C@H]1OC(O)[C@@H](C)[C@@H]1C. The topological polar surface area (TPSA) is 38.7 Å². The minimum Gasteiger partial charge on any atom is -0.375 e. The van der Waals surface area contributed by atoms with Gasteiger partial charge in [-0.05, 0) is 37.5 Å².